The molecule has 186 valence electrons. The fraction of sp³-hybridized carbons (Fsp3) is 0.280. The van der Waals surface area contributed by atoms with Crippen LogP contribution in [0.15, 0.2) is 70.4 Å². The summed E-state index contributed by atoms with van der Waals surface area (Å²) in [5, 5.41) is 10.1. The van der Waals surface area contributed by atoms with Crippen molar-refractivity contribution in [2.75, 3.05) is 0 Å². The predicted molar refractivity (Wildman–Crippen MR) is 128 cm³/mol. The highest BCUT2D eigenvalue weighted by atomic mass is 32.2. The van der Waals surface area contributed by atoms with Crippen molar-refractivity contribution in [3.63, 3.8) is 0 Å². The van der Waals surface area contributed by atoms with E-state index in [0.29, 0.717) is 11.1 Å². The molecule has 2 aromatic carbocycles. The normalized spacial score (nSPS) is 12.7. The summed E-state index contributed by atoms with van der Waals surface area (Å²) in [6.07, 6.45) is 1.17. The van der Waals surface area contributed by atoms with Crippen molar-refractivity contribution in [3.05, 3.63) is 72.2 Å². The van der Waals surface area contributed by atoms with Crippen LogP contribution in [-0.4, -0.2) is 37.3 Å². The van der Waals surface area contributed by atoms with Gasteiger partial charge in [0.2, 0.25) is 0 Å². The number of sulfone groups is 1. The highest BCUT2D eigenvalue weighted by molar-refractivity contribution is 7.90. The van der Waals surface area contributed by atoms with Crippen LogP contribution in [-0.2, 0) is 25.1 Å². The molecule has 3 aromatic rings. The smallest absolute Gasteiger partial charge is 0.339 e. The zero-order valence-electron chi connectivity index (χ0n) is 19.6. The minimum absolute atomic E-state index is 0.00747. The van der Waals surface area contributed by atoms with Crippen LogP contribution in [0.3, 0.4) is 0 Å². The number of furan rings is 1. The van der Waals surface area contributed by atoms with Crippen molar-refractivity contribution in [1.29, 1.82) is 0 Å². The van der Waals surface area contributed by atoms with Crippen molar-refractivity contribution < 1.29 is 37.0 Å². The van der Waals surface area contributed by atoms with Crippen LogP contribution in [0, 0.1) is 0 Å². The van der Waals surface area contributed by atoms with Gasteiger partial charge in [-0.2, -0.15) is 0 Å². The maximum Gasteiger partial charge on any atom is 0.339 e. The van der Waals surface area contributed by atoms with Gasteiger partial charge < -0.3 is 19.0 Å². The van der Waals surface area contributed by atoms with Gasteiger partial charge in [0.25, 0.3) is 0 Å². The number of carboxylic acids is 1. The lowest BCUT2D eigenvalue weighted by atomic mass is 9.99. The first-order chi connectivity index (χ1) is 16.4. The number of carbonyl (C=O) groups is 2. The molecule has 10 heteroatoms. The lowest BCUT2D eigenvalue weighted by molar-refractivity contribution is -0.156. The first kappa shape index (κ1) is 26.0. The Morgan fingerprint density at radius 2 is 1.77 bits per heavy atom. The molecule has 0 radical (unpaired) electrons. The van der Waals surface area contributed by atoms with Crippen LogP contribution in [0.1, 0.15) is 43.1 Å². The molecule has 35 heavy (non-hydrogen) atoms. The third-order valence-electron chi connectivity index (χ3n) is 4.79. The third-order valence-corrected chi connectivity index (χ3v) is 6.48. The van der Waals surface area contributed by atoms with Crippen molar-refractivity contribution in [2.45, 2.75) is 49.7 Å². The fourth-order valence-electron chi connectivity index (χ4n) is 3.40. The van der Waals surface area contributed by atoms with E-state index in [1.165, 1.54) is 36.8 Å². The van der Waals surface area contributed by atoms with Crippen LogP contribution in [0.25, 0.3) is 11.1 Å². The first-order valence-corrected chi connectivity index (χ1v) is 12.4. The second kappa shape index (κ2) is 10.3. The van der Waals surface area contributed by atoms with Gasteiger partial charge in [-0.05, 0) is 44.5 Å². The van der Waals surface area contributed by atoms with E-state index in [1.54, 1.807) is 45.0 Å². The van der Waals surface area contributed by atoms with Gasteiger partial charge in [-0.25, -0.2) is 13.2 Å². The van der Waals surface area contributed by atoms with Crippen LogP contribution in [0.4, 0.5) is 0 Å². The molecule has 1 unspecified atom stereocenters. The lowest BCUT2D eigenvalue weighted by Gasteiger charge is -2.23. The summed E-state index contributed by atoms with van der Waals surface area (Å²) in [6, 6.07) is 12.2. The molecule has 0 bridgehead atoms. The van der Waals surface area contributed by atoms with Crippen LogP contribution >= 0.6 is 0 Å². The van der Waals surface area contributed by atoms with E-state index in [4.69, 9.17) is 19.6 Å². The van der Waals surface area contributed by atoms with E-state index in [2.05, 4.69) is 0 Å². The Hall–Kier alpha value is -3.63. The lowest BCUT2D eigenvalue weighted by Crippen LogP contribution is -2.34. The Labute approximate surface area is 203 Å². The number of esters is 1. The monoisotopic (exact) mass is 501 g/mol. The summed E-state index contributed by atoms with van der Waals surface area (Å²) in [6.45, 7) is 5.11. The summed E-state index contributed by atoms with van der Waals surface area (Å²) >= 11 is 0. The molecule has 0 saturated heterocycles. The molecule has 0 aliphatic rings. The number of nitrogens with two attached hydrogens (primary N) is 1. The Kier molecular flexibility index (Phi) is 7.67. The van der Waals surface area contributed by atoms with E-state index in [-0.39, 0.29) is 28.2 Å². The Bertz CT molecular complexity index is 1290. The van der Waals surface area contributed by atoms with Gasteiger partial charge in [0.05, 0.1) is 29.6 Å². The SMILES string of the molecule is CC(C)(C)OC(=O)CC(N)Oc1c(-c2ccoc2)ccc(CS(=O)(=O)c2ccccc2)c1C(=O)O. The first-order valence-electron chi connectivity index (χ1n) is 10.7. The van der Waals surface area contributed by atoms with Crippen LogP contribution in [0.5, 0.6) is 5.75 Å². The molecule has 1 atom stereocenters. The molecule has 0 saturated carbocycles. The van der Waals surface area contributed by atoms with Crippen LogP contribution in [0.2, 0.25) is 0 Å². The number of hydrogen-bond acceptors (Lipinski definition) is 8. The maximum atomic E-state index is 13.0. The zero-order chi connectivity index (χ0) is 25.8. The number of rotatable bonds is 9. The molecule has 0 amide bonds. The average Bonchev–Trinajstić information content (AvgIpc) is 3.27. The summed E-state index contributed by atoms with van der Waals surface area (Å²) in [5.41, 5.74) is 5.73. The topological polar surface area (TPSA) is 146 Å². The molecule has 0 spiro atoms. The van der Waals surface area contributed by atoms with Gasteiger partial charge in [0.15, 0.2) is 16.1 Å². The minimum Gasteiger partial charge on any atom is -0.478 e. The van der Waals surface area contributed by atoms with Gasteiger partial charge in [-0.15, -0.1) is 0 Å². The van der Waals surface area contributed by atoms with Crippen LogP contribution < -0.4 is 10.5 Å². The summed E-state index contributed by atoms with van der Waals surface area (Å²) in [4.78, 5) is 24.6. The average molecular weight is 502 g/mol. The zero-order valence-corrected chi connectivity index (χ0v) is 20.4. The van der Waals surface area contributed by atoms with Crippen molar-refractivity contribution >= 4 is 21.8 Å². The number of ether oxygens (including phenoxy) is 2. The van der Waals surface area contributed by atoms with Gasteiger partial charge in [0.1, 0.15) is 16.9 Å². The van der Waals surface area contributed by atoms with Gasteiger partial charge in [-0.3, -0.25) is 10.5 Å². The summed E-state index contributed by atoms with van der Waals surface area (Å²) < 4.78 is 42.1. The molecule has 1 aromatic heterocycles. The van der Waals surface area contributed by atoms with E-state index in [1.807, 2.05) is 0 Å². The summed E-state index contributed by atoms with van der Waals surface area (Å²) in [7, 11) is -3.86. The molecular formula is C25H27NO8S. The molecule has 9 nitrogen and oxygen atoms in total. The minimum atomic E-state index is -3.86. The van der Waals surface area contributed by atoms with E-state index in [0.717, 1.165) is 0 Å². The van der Waals surface area contributed by atoms with Crippen molar-refractivity contribution in [2.24, 2.45) is 5.73 Å². The van der Waals surface area contributed by atoms with E-state index < -0.39 is 39.4 Å². The fourth-order valence-corrected chi connectivity index (χ4v) is 4.79. The van der Waals surface area contributed by atoms with E-state index >= 15 is 0 Å². The van der Waals surface area contributed by atoms with E-state index in [9.17, 15) is 23.1 Å². The maximum absolute atomic E-state index is 13.0. The Morgan fingerprint density at radius 3 is 2.34 bits per heavy atom. The molecular weight excluding hydrogens is 474 g/mol. The Balaban J connectivity index is 2.04. The molecule has 3 N–H and O–H groups in total. The van der Waals surface area contributed by atoms with Gasteiger partial charge in [0, 0.05) is 11.1 Å². The molecule has 0 aliphatic carbocycles. The predicted octanol–water partition coefficient (Wildman–Crippen LogP) is 4.01. The van der Waals surface area contributed by atoms with Crippen molar-refractivity contribution in [3.8, 4) is 16.9 Å². The van der Waals surface area contributed by atoms with Gasteiger partial charge in [-0.1, -0.05) is 30.3 Å². The largest absolute Gasteiger partial charge is 0.478 e. The quantitative estimate of drug-likeness (QED) is 0.328. The van der Waals surface area contributed by atoms with Crippen molar-refractivity contribution in [1.82, 2.24) is 0 Å². The molecule has 1 heterocycles. The number of hydrogen-bond donors (Lipinski definition) is 2. The second-order valence-electron chi connectivity index (χ2n) is 8.81. The Morgan fingerprint density at radius 1 is 1.09 bits per heavy atom. The molecule has 0 fully saturated rings. The highest BCUT2D eigenvalue weighted by Crippen LogP contribution is 2.37. The standard InChI is InChI=1S/C25H27NO8S/c1-25(2,3)34-21(27)13-20(26)33-23-19(16-11-12-32-14-16)10-9-17(22(23)24(28)29)15-35(30,31)18-7-5-4-6-8-18/h4-12,14,20H,13,15,26H2,1-3H3,(H,28,29). The molecule has 0 aliphatic heterocycles. The summed E-state index contributed by atoms with van der Waals surface area (Å²) in [5.74, 6) is -2.79. The number of aromatic carboxylic acids is 1. The molecule has 3 rings (SSSR count). The third kappa shape index (κ3) is 6.71. The second-order valence-corrected chi connectivity index (χ2v) is 10.8. The highest BCUT2D eigenvalue weighted by Gasteiger charge is 2.28. The van der Waals surface area contributed by atoms with Gasteiger partial charge >= 0.3 is 11.9 Å². The number of benzene rings is 2. The number of carbonyl (C=O) groups excluding carboxylic acids is 1. The number of carboxylic acid groups (broad SMARTS) is 1.